The Hall–Kier alpha value is -2.28. The highest BCUT2D eigenvalue weighted by Gasteiger charge is 2.48. The number of ether oxygens (including phenoxy) is 2. The molecule has 2 aromatic rings. The van der Waals surface area contributed by atoms with Gasteiger partial charge in [-0.2, -0.15) is 4.98 Å². The molecule has 1 aliphatic heterocycles. The summed E-state index contributed by atoms with van der Waals surface area (Å²) >= 11 is 0. The molecule has 0 bridgehead atoms. The maximum Gasteiger partial charge on any atom is 0.321 e. The maximum absolute atomic E-state index is 13.0. The van der Waals surface area contributed by atoms with E-state index in [0.717, 1.165) is 0 Å². The van der Waals surface area contributed by atoms with E-state index in [1.165, 1.54) is 12.1 Å². The first kappa shape index (κ1) is 15.6. The highest BCUT2D eigenvalue weighted by atomic mass is 19.1. The van der Waals surface area contributed by atoms with Crippen molar-refractivity contribution in [2.24, 2.45) is 0 Å². The normalized spacial score (nSPS) is 17.0. The molecule has 1 saturated heterocycles. The summed E-state index contributed by atoms with van der Waals surface area (Å²) < 4.78 is 28.9. The molecule has 2 heterocycles. The minimum atomic E-state index is -0.973. The Morgan fingerprint density at radius 3 is 2.65 bits per heavy atom. The van der Waals surface area contributed by atoms with Crippen LogP contribution < -0.4 is 0 Å². The van der Waals surface area contributed by atoms with Crippen molar-refractivity contribution < 1.29 is 23.2 Å². The quantitative estimate of drug-likeness (QED) is 0.806. The molecule has 7 heteroatoms. The lowest BCUT2D eigenvalue weighted by Crippen LogP contribution is -2.43. The van der Waals surface area contributed by atoms with Gasteiger partial charge in [0.25, 0.3) is 0 Å². The molecule has 0 N–H and O–H groups in total. The summed E-state index contributed by atoms with van der Waals surface area (Å²) in [5.74, 6) is -0.184. The van der Waals surface area contributed by atoms with Gasteiger partial charge in [0, 0.05) is 18.8 Å². The number of esters is 1. The SMILES string of the molecule is CCOC(=O)C1(c2nc(-c3ccc(F)cc3)no2)CCOCC1. The Morgan fingerprint density at radius 2 is 2.00 bits per heavy atom. The van der Waals surface area contributed by atoms with Gasteiger partial charge in [0.2, 0.25) is 11.7 Å². The number of hydrogen-bond acceptors (Lipinski definition) is 6. The number of halogens is 1. The number of benzene rings is 1. The Kier molecular flexibility index (Phi) is 4.38. The van der Waals surface area contributed by atoms with Gasteiger partial charge >= 0.3 is 5.97 Å². The van der Waals surface area contributed by atoms with E-state index in [4.69, 9.17) is 14.0 Å². The third-order valence-corrected chi connectivity index (χ3v) is 3.95. The molecule has 0 atom stereocenters. The molecule has 0 radical (unpaired) electrons. The van der Waals surface area contributed by atoms with Crippen LogP contribution in [0, 0.1) is 5.82 Å². The maximum atomic E-state index is 13.0. The van der Waals surface area contributed by atoms with E-state index in [1.807, 2.05) is 0 Å². The van der Waals surface area contributed by atoms with Crippen LogP contribution in [0.3, 0.4) is 0 Å². The van der Waals surface area contributed by atoms with E-state index >= 15 is 0 Å². The molecule has 0 saturated carbocycles. The average molecular weight is 320 g/mol. The van der Waals surface area contributed by atoms with E-state index in [-0.39, 0.29) is 24.3 Å². The van der Waals surface area contributed by atoms with Crippen molar-refractivity contribution in [3.8, 4) is 11.4 Å². The molecule has 1 aromatic carbocycles. The Morgan fingerprint density at radius 1 is 1.30 bits per heavy atom. The molecule has 0 unspecified atom stereocenters. The van der Waals surface area contributed by atoms with Gasteiger partial charge in [-0.15, -0.1) is 0 Å². The molecule has 122 valence electrons. The molecule has 1 fully saturated rings. The number of hydrogen-bond donors (Lipinski definition) is 0. The van der Waals surface area contributed by atoms with Gasteiger partial charge in [0.1, 0.15) is 5.82 Å². The van der Waals surface area contributed by atoms with Crippen molar-refractivity contribution >= 4 is 5.97 Å². The lowest BCUT2D eigenvalue weighted by atomic mass is 9.80. The highest BCUT2D eigenvalue weighted by molar-refractivity contribution is 5.82. The zero-order valence-electron chi connectivity index (χ0n) is 12.8. The van der Waals surface area contributed by atoms with Crippen LogP contribution in [0.4, 0.5) is 4.39 Å². The van der Waals surface area contributed by atoms with Gasteiger partial charge in [0.15, 0.2) is 5.41 Å². The van der Waals surface area contributed by atoms with Crippen molar-refractivity contribution in [1.29, 1.82) is 0 Å². The summed E-state index contributed by atoms with van der Waals surface area (Å²) in [7, 11) is 0. The molecule has 3 rings (SSSR count). The zero-order chi connectivity index (χ0) is 16.3. The van der Waals surface area contributed by atoms with Crippen molar-refractivity contribution in [3.05, 3.63) is 36.0 Å². The van der Waals surface area contributed by atoms with Gasteiger partial charge in [-0.05, 0) is 44.0 Å². The smallest absolute Gasteiger partial charge is 0.321 e. The fourth-order valence-corrected chi connectivity index (χ4v) is 2.63. The first-order valence-corrected chi connectivity index (χ1v) is 7.51. The summed E-state index contributed by atoms with van der Waals surface area (Å²) in [5, 5.41) is 3.92. The fraction of sp³-hybridized carbons (Fsp3) is 0.438. The molecule has 1 aliphatic rings. The van der Waals surface area contributed by atoms with Crippen molar-refractivity contribution in [2.75, 3.05) is 19.8 Å². The number of rotatable bonds is 4. The number of carbonyl (C=O) groups excluding carboxylic acids is 1. The molecule has 6 nitrogen and oxygen atoms in total. The van der Waals surface area contributed by atoms with Crippen LogP contribution in [-0.4, -0.2) is 35.9 Å². The van der Waals surface area contributed by atoms with E-state index in [1.54, 1.807) is 19.1 Å². The third kappa shape index (κ3) is 2.96. The van der Waals surface area contributed by atoms with Crippen molar-refractivity contribution in [2.45, 2.75) is 25.2 Å². The molecule has 0 spiro atoms. The number of aromatic nitrogens is 2. The topological polar surface area (TPSA) is 74.5 Å². The highest BCUT2D eigenvalue weighted by Crippen LogP contribution is 2.36. The summed E-state index contributed by atoms with van der Waals surface area (Å²) in [6.45, 7) is 2.88. The standard InChI is InChI=1S/C16H17FN2O4/c1-2-22-15(20)16(7-9-21-10-8-16)14-18-13(19-23-14)11-3-5-12(17)6-4-11/h3-6H,2,7-10H2,1H3. The predicted molar refractivity (Wildman–Crippen MR) is 78.1 cm³/mol. The average Bonchev–Trinajstić information content (AvgIpc) is 3.07. The lowest BCUT2D eigenvalue weighted by molar-refractivity contribution is -0.155. The van der Waals surface area contributed by atoms with E-state index in [2.05, 4.69) is 10.1 Å². The first-order chi connectivity index (χ1) is 11.2. The summed E-state index contributed by atoms with van der Waals surface area (Å²) in [5.41, 5.74) is -0.355. The van der Waals surface area contributed by atoms with Gasteiger partial charge in [-0.1, -0.05) is 5.16 Å². The monoisotopic (exact) mass is 320 g/mol. The molecular weight excluding hydrogens is 303 g/mol. The van der Waals surface area contributed by atoms with Gasteiger partial charge in [0.05, 0.1) is 6.61 Å². The first-order valence-electron chi connectivity index (χ1n) is 7.51. The number of carbonyl (C=O) groups is 1. The third-order valence-electron chi connectivity index (χ3n) is 3.95. The van der Waals surface area contributed by atoms with Crippen molar-refractivity contribution in [3.63, 3.8) is 0 Å². The van der Waals surface area contributed by atoms with Crippen LogP contribution >= 0.6 is 0 Å². The summed E-state index contributed by atoms with van der Waals surface area (Å²) in [6.07, 6.45) is 0.855. The molecule has 23 heavy (non-hydrogen) atoms. The molecule has 1 aromatic heterocycles. The van der Waals surface area contributed by atoms with Crippen LogP contribution in [0.2, 0.25) is 0 Å². The second kappa shape index (κ2) is 6.45. The zero-order valence-corrected chi connectivity index (χ0v) is 12.8. The Labute approximate surface area is 132 Å². The fourth-order valence-electron chi connectivity index (χ4n) is 2.63. The minimum absolute atomic E-state index is 0.221. The Balaban J connectivity index is 1.94. The van der Waals surface area contributed by atoms with Gasteiger partial charge in [-0.25, -0.2) is 4.39 Å². The minimum Gasteiger partial charge on any atom is -0.465 e. The largest absolute Gasteiger partial charge is 0.465 e. The summed E-state index contributed by atoms with van der Waals surface area (Å²) in [4.78, 5) is 16.8. The molecule has 0 amide bonds. The second-order valence-corrected chi connectivity index (χ2v) is 5.34. The second-order valence-electron chi connectivity index (χ2n) is 5.34. The van der Waals surface area contributed by atoms with E-state index < -0.39 is 5.41 Å². The molecular formula is C16H17FN2O4. The van der Waals surface area contributed by atoms with Crippen LogP contribution in [0.15, 0.2) is 28.8 Å². The van der Waals surface area contributed by atoms with E-state index in [0.29, 0.717) is 37.4 Å². The lowest BCUT2D eigenvalue weighted by Gasteiger charge is -2.31. The van der Waals surface area contributed by atoms with Crippen LogP contribution in [0.25, 0.3) is 11.4 Å². The predicted octanol–water partition coefficient (Wildman–Crippen LogP) is 2.49. The number of nitrogens with zero attached hydrogens (tertiary/aromatic N) is 2. The summed E-state index contributed by atoms with van der Waals surface area (Å²) in [6, 6.07) is 5.76. The van der Waals surface area contributed by atoms with Crippen LogP contribution in [-0.2, 0) is 19.7 Å². The van der Waals surface area contributed by atoms with Crippen LogP contribution in [0.1, 0.15) is 25.7 Å². The Bertz CT molecular complexity index is 678. The van der Waals surface area contributed by atoms with Crippen LogP contribution in [0.5, 0.6) is 0 Å². The van der Waals surface area contributed by atoms with Crippen molar-refractivity contribution in [1.82, 2.24) is 10.1 Å². The van der Waals surface area contributed by atoms with Gasteiger partial charge in [-0.3, -0.25) is 4.79 Å². The van der Waals surface area contributed by atoms with Gasteiger partial charge < -0.3 is 14.0 Å². The molecule has 0 aliphatic carbocycles. The van der Waals surface area contributed by atoms with E-state index in [9.17, 15) is 9.18 Å².